The number of benzene rings is 1. The molecule has 1 aromatic carbocycles. The Morgan fingerprint density at radius 3 is 2.68 bits per heavy atom. The zero-order chi connectivity index (χ0) is 22.8. The second-order valence-electron chi connectivity index (χ2n) is 6.98. The fraction of sp³-hybridized carbons (Fsp3) is 0.450. The van der Waals surface area contributed by atoms with E-state index in [2.05, 4.69) is 10.3 Å². The molecule has 11 heteroatoms. The van der Waals surface area contributed by atoms with Crippen molar-refractivity contribution in [1.29, 1.82) is 0 Å². The summed E-state index contributed by atoms with van der Waals surface area (Å²) in [5.41, 5.74) is 2.22. The van der Waals surface area contributed by atoms with Crippen LogP contribution in [-0.4, -0.2) is 52.5 Å². The van der Waals surface area contributed by atoms with E-state index in [0.717, 1.165) is 0 Å². The van der Waals surface area contributed by atoms with Crippen molar-refractivity contribution >= 4 is 32.4 Å². The SMILES string of the molecule is CCCS(=O)(=O)Oc1c(C(=O)c2ccc3c(c2C)C(=NOC)CCS3=O)cnn1CC. The van der Waals surface area contributed by atoms with Crippen molar-refractivity contribution in [2.75, 3.05) is 18.6 Å². The molecule has 0 amide bonds. The third-order valence-electron chi connectivity index (χ3n) is 4.93. The Morgan fingerprint density at radius 2 is 2.03 bits per heavy atom. The van der Waals surface area contributed by atoms with Gasteiger partial charge in [-0.1, -0.05) is 12.1 Å². The molecule has 0 spiro atoms. The van der Waals surface area contributed by atoms with Crippen LogP contribution in [0.5, 0.6) is 5.88 Å². The summed E-state index contributed by atoms with van der Waals surface area (Å²) in [6.07, 6.45) is 2.15. The number of fused-ring (bicyclic) bond motifs is 1. The lowest BCUT2D eigenvalue weighted by atomic mass is 9.93. The molecule has 0 aliphatic carbocycles. The molecule has 1 aliphatic rings. The fourth-order valence-electron chi connectivity index (χ4n) is 3.51. The van der Waals surface area contributed by atoms with Crippen LogP contribution in [0.25, 0.3) is 0 Å². The standard InChI is InChI=1S/C20H25N3O6S2/c1-5-11-31(26,27)29-20-15(12-21-23(20)6-2)19(24)14-7-8-17-18(13(14)3)16(22-28-4)9-10-30(17)25/h7-8,12H,5-6,9-11H2,1-4H3. The van der Waals surface area contributed by atoms with Crippen molar-refractivity contribution in [3.63, 3.8) is 0 Å². The van der Waals surface area contributed by atoms with Gasteiger partial charge in [0.15, 0.2) is 5.78 Å². The van der Waals surface area contributed by atoms with Gasteiger partial charge in [0, 0.05) is 34.7 Å². The monoisotopic (exact) mass is 467 g/mol. The van der Waals surface area contributed by atoms with Gasteiger partial charge in [-0.2, -0.15) is 13.5 Å². The van der Waals surface area contributed by atoms with Gasteiger partial charge in [0.1, 0.15) is 12.7 Å². The lowest BCUT2D eigenvalue weighted by Gasteiger charge is -2.21. The van der Waals surface area contributed by atoms with Gasteiger partial charge < -0.3 is 9.02 Å². The molecule has 0 saturated heterocycles. The number of rotatable bonds is 8. The summed E-state index contributed by atoms with van der Waals surface area (Å²) in [5, 5.41) is 8.16. The Labute approximate surface area is 184 Å². The zero-order valence-electron chi connectivity index (χ0n) is 17.9. The molecule has 2 aromatic rings. The van der Waals surface area contributed by atoms with Gasteiger partial charge in [0.05, 0.1) is 28.5 Å². The summed E-state index contributed by atoms with van der Waals surface area (Å²) in [4.78, 5) is 18.9. The minimum absolute atomic E-state index is 0.0479. The van der Waals surface area contributed by atoms with E-state index in [0.29, 0.717) is 52.4 Å². The summed E-state index contributed by atoms with van der Waals surface area (Å²) < 4.78 is 43.6. The lowest BCUT2D eigenvalue weighted by Crippen LogP contribution is -2.21. The van der Waals surface area contributed by atoms with Crippen LogP contribution >= 0.6 is 0 Å². The van der Waals surface area contributed by atoms with Gasteiger partial charge in [-0.3, -0.25) is 9.00 Å². The topological polar surface area (TPSA) is 117 Å². The van der Waals surface area contributed by atoms with E-state index in [1.165, 1.54) is 18.0 Å². The third-order valence-corrected chi connectivity index (χ3v) is 7.65. The fourth-order valence-corrected chi connectivity index (χ4v) is 5.82. The van der Waals surface area contributed by atoms with Crippen LogP contribution in [0.4, 0.5) is 0 Å². The van der Waals surface area contributed by atoms with E-state index in [4.69, 9.17) is 9.02 Å². The number of carbonyl (C=O) groups is 1. The minimum atomic E-state index is -3.86. The summed E-state index contributed by atoms with van der Waals surface area (Å²) in [5.74, 6) is -0.281. The average Bonchev–Trinajstić information content (AvgIpc) is 3.11. The number of oxime groups is 1. The van der Waals surface area contributed by atoms with Gasteiger partial charge in [0.25, 0.3) is 0 Å². The predicted octanol–water partition coefficient (Wildman–Crippen LogP) is 2.42. The van der Waals surface area contributed by atoms with E-state index in [1.807, 2.05) is 0 Å². The first-order valence-electron chi connectivity index (χ1n) is 9.89. The van der Waals surface area contributed by atoms with Crippen LogP contribution in [0.3, 0.4) is 0 Å². The largest absolute Gasteiger partial charge is 0.399 e. The molecule has 0 bridgehead atoms. The van der Waals surface area contributed by atoms with Crippen LogP contribution in [0.1, 0.15) is 53.7 Å². The summed E-state index contributed by atoms with van der Waals surface area (Å²) in [6.45, 7) is 5.58. The van der Waals surface area contributed by atoms with E-state index < -0.39 is 26.7 Å². The van der Waals surface area contributed by atoms with Crippen molar-refractivity contribution in [2.24, 2.45) is 5.16 Å². The zero-order valence-corrected chi connectivity index (χ0v) is 19.5. The number of aryl methyl sites for hydroxylation is 1. The third kappa shape index (κ3) is 4.57. The number of hydrogen-bond donors (Lipinski definition) is 0. The van der Waals surface area contributed by atoms with Crippen molar-refractivity contribution in [3.8, 4) is 5.88 Å². The first-order chi connectivity index (χ1) is 14.7. The molecule has 0 N–H and O–H groups in total. The maximum absolute atomic E-state index is 13.4. The van der Waals surface area contributed by atoms with E-state index >= 15 is 0 Å². The van der Waals surface area contributed by atoms with E-state index in [-0.39, 0.29) is 17.2 Å². The molecule has 168 valence electrons. The van der Waals surface area contributed by atoms with Crippen LogP contribution in [0.2, 0.25) is 0 Å². The van der Waals surface area contributed by atoms with Crippen LogP contribution in [0, 0.1) is 6.92 Å². The molecule has 3 rings (SSSR count). The second kappa shape index (κ2) is 9.31. The highest BCUT2D eigenvalue weighted by molar-refractivity contribution is 7.87. The number of carbonyl (C=O) groups excluding carboxylic acids is 1. The molecule has 2 heterocycles. The molecule has 1 aromatic heterocycles. The Bertz CT molecular complexity index is 1170. The number of hydrogen-bond acceptors (Lipinski definition) is 8. The second-order valence-corrected chi connectivity index (χ2v) is 10.2. The molecular weight excluding hydrogens is 442 g/mol. The molecule has 1 aliphatic heterocycles. The van der Waals surface area contributed by atoms with Gasteiger partial charge in [-0.25, -0.2) is 4.68 Å². The van der Waals surface area contributed by atoms with Gasteiger partial charge in [-0.05, 0) is 38.0 Å². The maximum Gasteiger partial charge on any atom is 0.310 e. The first-order valence-corrected chi connectivity index (χ1v) is 12.8. The summed E-state index contributed by atoms with van der Waals surface area (Å²) >= 11 is 0. The molecule has 0 fully saturated rings. The normalized spacial score (nSPS) is 17.4. The minimum Gasteiger partial charge on any atom is -0.399 e. The number of ketones is 1. The smallest absolute Gasteiger partial charge is 0.310 e. The molecular formula is C20H25N3O6S2. The van der Waals surface area contributed by atoms with E-state index in [9.17, 15) is 17.4 Å². The van der Waals surface area contributed by atoms with Crippen molar-refractivity contribution < 1.29 is 26.4 Å². The van der Waals surface area contributed by atoms with Crippen LogP contribution in [-0.2, 0) is 32.3 Å². The predicted molar refractivity (Wildman–Crippen MR) is 117 cm³/mol. The Hall–Kier alpha value is -2.53. The van der Waals surface area contributed by atoms with Gasteiger partial charge in [-0.15, -0.1) is 0 Å². The maximum atomic E-state index is 13.4. The number of nitrogens with zero attached hydrogens (tertiary/aromatic N) is 3. The lowest BCUT2D eigenvalue weighted by molar-refractivity contribution is 0.103. The van der Waals surface area contributed by atoms with Crippen molar-refractivity contribution in [1.82, 2.24) is 9.78 Å². The molecule has 31 heavy (non-hydrogen) atoms. The first kappa shape index (κ1) is 23.1. The summed E-state index contributed by atoms with van der Waals surface area (Å²) in [7, 11) is -3.63. The van der Waals surface area contributed by atoms with Gasteiger partial charge >= 0.3 is 10.1 Å². The number of aromatic nitrogens is 2. The Morgan fingerprint density at radius 1 is 1.29 bits per heavy atom. The molecule has 0 saturated carbocycles. The molecule has 9 nitrogen and oxygen atoms in total. The highest BCUT2D eigenvalue weighted by Gasteiger charge is 2.30. The Balaban J connectivity index is 2.11. The Kier molecular flexibility index (Phi) is 6.95. The molecule has 1 atom stereocenters. The van der Waals surface area contributed by atoms with Crippen LogP contribution in [0.15, 0.2) is 28.4 Å². The summed E-state index contributed by atoms with van der Waals surface area (Å²) in [6, 6.07) is 3.24. The van der Waals surface area contributed by atoms with Gasteiger partial charge in [0.2, 0.25) is 5.88 Å². The van der Waals surface area contributed by atoms with Crippen LogP contribution < -0.4 is 4.18 Å². The highest BCUT2D eigenvalue weighted by atomic mass is 32.2. The van der Waals surface area contributed by atoms with Crippen molar-refractivity contribution in [3.05, 3.63) is 40.6 Å². The molecule has 1 unspecified atom stereocenters. The average molecular weight is 468 g/mol. The molecule has 0 radical (unpaired) electrons. The van der Waals surface area contributed by atoms with Crippen molar-refractivity contribution in [2.45, 2.75) is 45.1 Å². The quantitative estimate of drug-likeness (QED) is 0.332. The van der Waals surface area contributed by atoms with E-state index in [1.54, 1.807) is 32.9 Å². The highest BCUT2D eigenvalue weighted by Crippen LogP contribution is 2.31.